The van der Waals surface area contributed by atoms with E-state index in [4.69, 9.17) is 0 Å². The van der Waals surface area contributed by atoms with E-state index in [0.717, 1.165) is 44.2 Å². The maximum Gasteiger partial charge on any atom is 0.233 e. The number of likely N-dealkylation sites (tertiary alicyclic amines) is 1. The lowest BCUT2D eigenvalue weighted by atomic mass is 9.63. The quantitative estimate of drug-likeness (QED) is 0.846. The van der Waals surface area contributed by atoms with Gasteiger partial charge in [-0.1, -0.05) is 35.7 Å². The van der Waals surface area contributed by atoms with Crippen molar-refractivity contribution >= 4 is 28.3 Å². The first-order valence-corrected chi connectivity index (χ1v) is 10.9. The van der Waals surface area contributed by atoms with Gasteiger partial charge in [0.25, 0.3) is 0 Å². The molecule has 2 amide bonds. The van der Waals surface area contributed by atoms with Gasteiger partial charge in [0.2, 0.25) is 11.8 Å². The molecule has 2 fully saturated rings. The summed E-state index contributed by atoms with van der Waals surface area (Å²) >= 11 is 1.42. The van der Waals surface area contributed by atoms with Crippen molar-refractivity contribution in [1.29, 1.82) is 0 Å². The van der Waals surface area contributed by atoms with Gasteiger partial charge < -0.3 is 10.2 Å². The highest BCUT2D eigenvalue weighted by molar-refractivity contribution is 7.13. The molecular formula is C22H27N3O2S. The Bertz CT molecular complexity index is 854. The molecule has 0 bridgehead atoms. The number of hydrogen-bond acceptors (Lipinski definition) is 4. The molecule has 0 radical (unpaired) electrons. The summed E-state index contributed by atoms with van der Waals surface area (Å²) in [5.41, 5.74) is 3.15. The number of thiazole rings is 1. The van der Waals surface area contributed by atoms with Crippen LogP contribution in [0.3, 0.4) is 0 Å². The molecule has 6 heteroatoms. The van der Waals surface area contributed by atoms with Gasteiger partial charge in [-0.2, -0.15) is 0 Å². The molecule has 2 aliphatic rings. The average molecular weight is 398 g/mol. The summed E-state index contributed by atoms with van der Waals surface area (Å²) in [6, 6.07) is 6.49. The van der Waals surface area contributed by atoms with E-state index >= 15 is 0 Å². The SMILES string of the molecule is Cc1cc(C)cc(C2(C(=O)N3CCC[C@H](C(=O)Nc4nccs4)C3)CCC2)c1. The third kappa shape index (κ3) is 3.58. The number of aryl methyl sites for hydroxylation is 2. The fourth-order valence-electron chi connectivity index (χ4n) is 4.58. The molecule has 28 heavy (non-hydrogen) atoms. The van der Waals surface area contributed by atoms with Gasteiger partial charge in [-0.15, -0.1) is 11.3 Å². The van der Waals surface area contributed by atoms with Gasteiger partial charge in [0.15, 0.2) is 5.13 Å². The zero-order valence-corrected chi connectivity index (χ0v) is 17.3. The normalized spacial score (nSPS) is 21.1. The summed E-state index contributed by atoms with van der Waals surface area (Å²) < 4.78 is 0. The molecule has 1 N–H and O–H groups in total. The second-order valence-corrected chi connectivity index (χ2v) is 9.12. The Balaban J connectivity index is 1.51. The number of benzene rings is 1. The van der Waals surface area contributed by atoms with Crippen LogP contribution in [0.25, 0.3) is 0 Å². The van der Waals surface area contributed by atoms with Crippen LogP contribution in [0.15, 0.2) is 29.8 Å². The fraction of sp³-hybridized carbons (Fsp3) is 0.500. The van der Waals surface area contributed by atoms with E-state index in [2.05, 4.69) is 42.3 Å². The largest absolute Gasteiger partial charge is 0.341 e. The van der Waals surface area contributed by atoms with Crippen LogP contribution < -0.4 is 5.32 Å². The molecule has 2 heterocycles. The molecular weight excluding hydrogens is 370 g/mol. The van der Waals surface area contributed by atoms with Crippen molar-refractivity contribution in [2.45, 2.75) is 51.4 Å². The highest BCUT2D eigenvalue weighted by atomic mass is 32.1. The first-order chi connectivity index (χ1) is 13.5. The Morgan fingerprint density at radius 1 is 1.18 bits per heavy atom. The summed E-state index contributed by atoms with van der Waals surface area (Å²) in [5.74, 6) is 0.00924. The number of carbonyl (C=O) groups excluding carboxylic acids is 2. The van der Waals surface area contributed by atoms with Gasteiger partial charge >= 0.3 is 0 Å². The van der Waals surface area contributed by atoms with Crippen molar-refractivity contribution in [3.05, 3.63) is 46.5 Å². The van der Waals surface area contributed by atoms with E-state index in [1.54, 1.807) is 6.20 Å². The molecule has 1 aromatic carbocycles. The molecule has 1 aliphatic heterocycles. The van der Waals surface area contributed by atoms with Crippen molar-refractivity contribution in [2.75, 3.05) is 18.4 Å². The number of anilines is 1. The molecule has 1 atom stereocenters. The first kappa shape index (κ1) is 19.1. The molecule has 0 unspecified atom stereocenters. The first-order valence-electron chi connectivity index (χ1n) is 10.1. The Labute approximate surface area is 170 Å². The molecule has 0 spiro atoms. The molecule has 1 saturated carbocycles. The minimum atomic E-state index is -0.398. The zero-order chi connectivity index (χ0) is 19.7. The van der Waals surface area contributed by atoms with Gasteiger partial charge in [0.1, 0.15) is 0 Å². The predicted molar refractivity (Wildman–Crippen MR) is 111 cm³/mol. The van der Waals surface area contributed by atoms with Gasteiger partial charge in [0.05, 0.1) is 11.3 Å². The predicted octanol–water partition coefficient (Wildman–Crippen LogP) is 4.06. The van der Waals surface area contributed by atoms with E-state index in [1.807, 2.05) is 10.3 Å². The van der Waals surface area contributed by atoms with E-state index in [0.29, 0.717) is 11.7 Å². The van der Waals surface area contributed by atoms with Crippen molar-refractivity contribution in [3.63, 3.8) is 0 Å². The molecule has 2 aromatic rings. The smallest absolute Gasteiger partial charge is 0.233 e. The second-order valence-electron chi connectivity index (χ2n) is 8.23. The van der Waals surface area contributed by atoms with Crippen LogP contribution in [0.5, 0.6) is 0 Å². The molecule has 4 rings (SSSR count). The van der Waals surface area contributed by atoms with Crippen molar-refractivity contribution in [1.82, 2.24) is 9.88 Å². The summed E-state index contributed by atoms with van der Waals surface area (Å²) in [6.07, 6.45) is 6.26. The minimum Gasteiger partial charge on any atom is -0.341 e. The van der Waals surface area contributed by atoms with Crippen LogP contribution in [0.4, 0.5) is 5.13 Å². The topological polar surface area (TPSA) is 62.3 Å². The summed E-state index contributed by atoms with van der Waals surface area (Å²) in [4.78, 5) is 32.3. The van der Waals surface area contributed by atoms with Crippen LogP contribution in [-0.4, -0.2) is 34.8 Å². The maximum atomic E-state index is 13.6. The standard InChI is InChI=1S/C22H27N3O2S/c1-15-11-16(2)13-18(12-15)22(6-4-7-22)20(27)25-9-3-5-17(14-25)19(26)24-21-23-8-10-28-21/h8,10-13,17H,3-7,9,14H2,1-2H3,(H,23,24,26)/t17-/m0/s1. The van der Waals surface area contributed by atoms with Gasteiger partial charge in [-0.3, -0.25) is 9.59 Å². The Morgan fingerprint density at radius 3 is 2.54 bits per heavy atom. The van der Waals surface area contributed by atoms with Gasteiger partial charge in [-0.05, 0) is 45.1 Å². The number of hydrogen-bond donors (Lipinski definition) is 1. The summed E-state index contributed by atoms with van der Waals surface area (Å²) in [7, 11) is 0. The zero-order valence-electron chi connectivity index (χ0n) is 16.5. The fourth-order valence-corrected chi connectivity index (χ4v) is 5.11. The summed E-state index contributed by atoms with van der Waals surface area (Å²) in [6.45, 7) is 5.43. The molecule has 1 aromatic heterocycles. The lowest BCUT2D eigenvalue weighted by Gasteiger charge is -2.46. The highest BCUT2D eigenvalue weighted by Crippen LogP contribution is 2.46. The van der Waals surface area contributed by atoms with Crippen LogP contribution in [0, 0.1) is 19.8 Å². The third-order valence-corrected chi connectivity index (χ3v) is 6.82. The van der Waals surface area contributed by atoms with Crippen LogP contribution in [-0.2, 0) is 15.0 Å². The van der Waals surface area contributed by atoms with Crippen LogP contribution >= 0.6 is 11.3 Å². The van der Waals surface area contributed by atoms with Gasteiger partial charge in [-0.25, -0.2) is 4.98 Å². The Hall–Kier alpha value is -2.21. The molecule has 1 saturated heterocycles. The average Bonchev–Trinajstić information content (AvgIpc) is 3.13. The Morgan fingerprint density at radius 2 is 1.93 bits per heavy atom. The van der Waals surface area contributed by atoms with Crippen molar-refractivity contribution in [3.8, 4) is 0 Å². The monoisotopic (exact) mass is 397 g/mol. The number of amides is 2. The second kappa shape index (κ2) is 7.66. The van der Waals surface area contributed by atoms with Crippen molar-refractivity contribution in [2.24, 2.45) is 5.92 Å². The molecule has 148 valence electrons. The molecule has 1 aliphatic carbocycles. The maximum absolute atomic E-state index is 13.6. The van der Waals surface area contributed by atoms with E-state index in [1.165, 1.54) is 22.5 Å². The van der Waals surface area contributed by atoms with E-state index < -0.39 is 5.41 Å². The van der Waals surface area contributed by atoms with Crippen molar-refractivity contribution < 1.29 is 9.59 Å². The lowest BCUT2D eigenvalue weighted by Crippen LogP contribution is -2.54. The van der Waals surface area contributed by atoms with Gasteiger partial charge in [0, 0.05) is 24.7 Å². The number of carbonyl (C=O) groups is 2. The number of nitrogens with one attached hydrogen (secondary N) is 1. The number of aromatic nitrogens is 1. The number of piperidine rings is 1. The minimum absolute atomic E-state index is 0.0264. The molecule has 5 nitrogen and oxygen atoms in total. The van der Waals surface area contributed by atoms with Crippen LogP contribution in [0.1, 0.15) is 48.8 Å². The number of rotatable bonds is 4. The van der Waals surface area contributed by atoms with E-state index in [9.17, 15) is 9.59 Å². The number of nitrogens with zero attached hydrogens (tertiary/aromatic N) is 2. The highest BCUT2D eigenvalue weighted by Gasteiger charge is 2.48. The Kier molecular flexibility index (Phi) is 5.23. The summed E-state index contributed by atoms with van der Waals surface area (Å²) in [5, 5.41) is 5.36. The van der Waals surface area contributed by atoms with Crippen LogP contribution in [0.2, 0.25) is 0 Å². The lowest BCUT2D eigenvalue weighted by molar-refractivity contribution is -0.143. The van der Waals surface area contributed by atoms with E-state index in [-0.39, 0.29) is 17.7 Å². The third-order valence-electron chi connectivity index (χ3n) is 6.13.